The summed E-state index contributed by atoms with van der Waals surface area (Å²) >= 11 is 1.21. The number of rotatable bonds is 5. The van der Waals surface area contributed by atoms with Crippen molar-refractivity contribution in [2.75, 3.05) is 20.8 Å². The Hall–Kier alpha value is -3.36. The molecule has 1 atom stereocenters. The van der Waals surface area contributed by atoms with Crippen LogP contribution < -0.4 is 15.4 Å². The summed E-state index contributed by atoms with van der Waals surface area (Å²) in [6, 6.07) is 8.37. The Morgan fingerprint density at radius 1 is 1.27 bits per heavy atom. The van der Waals surface area contributed by atoms with Crippen LogP contribution in [0.4, 0.5) is 4.79 Å². The SMILES string of the molecule is COC(=O)c1cnc2cc([C@]3(CN4Cc5ccc(OC)cc5[C]4=[W])NC(=O)NC3=O)oc2c1. The van der Waals surface area contributed by atoms with Crippen LogP contribution in [0.15, 0.2) is 40.9 Å². The fraction of sp³-hybridized carbons (Fsp3) is 0.227. The van der Waals surface area contributed by atoms with E-state index in [9.17, 15) is 14.4 Å². The van der Waals surface area contributed by atoms with E-state index in [-0.39, 0.29) is 17.9 Å². The van der Waals surface area contributed by atoms with Gasteiger partial charge in [0.2, 0.25) is 0 Å². The molecule has 0 bridgehead atoms. The number of imide groups is 1. The molecular weight excluding hydrogens is 600 g/mol. The second kappa shape index (κ2) is 7.90. The Balaban J connectivity index is 1.54. The molecular formula is C22H18N4O6W. The normalized spacial score (nSPS) is 20.0. The Kier molecular flexibility index (Phi) is 5.14. The van der Waals surface area contributed by atoms with Crippen LogP contribution in [0.25, 0.3) is 11.1 Å². The number of nitrogens with one attached hydrogen (secondary N) is 2. The van der Waals surface area contributed by atoms with Gasteiger partial charge in [0.25, 0.3) is 0 Å². The second-order valence-electron chi connectivity index (χ2n) is 7.71. The van der Waals surface area contributed by atoms with Crippen molar-refractivity contribution in [2.45, 2.75) is 12.1 Å². The van der Waals surface area contributed by atoms with Gasteiger partial charge in [0.1, 0.15) is 0 Å². The molecule has 0 unspecified atom stereocenters. The fourth-order valence-electron chi connectivity index (χ4n) is 4.09. The molecule has 0 radical (unpaired) electrons. The Labute approximate surface area is 198 Å². The number of furan rings is 1. The molecule has 10 nitrogen and oxygen atoms in total. The zero-order valence-electron chi connectivity index (χ0n) is 17.6. The van der Waals surface area contributed by atoms with Gasteiger partial charge in [0, 0.05) is 0 Å². The number of benzene rings is 1. The van der Waals surface area contributed by atoms with E-state index in [1.807, 2.05) is 23.1 Å². The molecule has 1 aromatic carbocycles. The van der Waals surface area contributed by atoms with E-state index >= 15 is 0 Å². The van der Waals surface area contributed by atoms with Crippen LogP contribution in [0.5, 0.6) is 5.75 Å². The third-order valence-corrected chi connectivity index (χ3v) is 7.49. The van der Waals surface area contributed by atoms with Crippen molar-refractivity contribution in [2.24, 2.45) is 0 Å². The van der Waals surface area contributed by atoms with Gasteiger partial charge in [-0.1, -0.05) is 0 Å². The van der Waals surface area contributed by atoms with Gasteiger partial charge in [-0.3, -0.25) is 0 Å². The predicted molar refractivity (Wildman–Crippen MR) is 111 cm³/mol. The van der Waals surface area contributed by atoms with Crippen LogP contribution in [-0.2, 0) is 41.0 Å². The number of hydrogen-bond acceptors (Lipinski definition) is 8. The summed E-state index contributed by atoms with van der Waals surface area (Å²) in [5, 5.41) is 5.08. The molecule has 0 spiro atoms. The van der Waals surface area contributed by atoms with Crippen LogP contribution in [-0.4, -0.2) is 52.6 Å². The van der Waals surface area contributed by atoms with E-state index in [1.165, 1.54) is 38.7 Å². The molecule has 1 saturated heterocycles. The number of carbonyl (C=O) groups excluding carboxylic acids is 3. The minimum absolute atomic E-state index is 0.157. The molecule has 2 N–H and O–H groups in total. The molecule has 1 fully saturated rings. The summed E-state index contributed by atoms with van der Waals surface area (Å²) < 4.78 is 17.1. The first-order valence-corrected chi connectivity index (χ1v) is 11.4. The zero-order chi connectivity index (χ0) is 23.3. The van der Waals surface area contributed by atoms with E-state index in [2.05, 4.69) is 15.6 Å². The summed E-state index contributed by atoms with van der Waals surface area (Å²) in [6.07, 6.45) is 1.37. The number of esters is 1. The molecule has 0 saturated carbocycles. The van der Waals surface area contributed by atoms with Crippen LogP contribution >= 0.6 is 0 Å². The molecule has 2 aliphatic heterocycles. The Bertz CT molecular complexity index is 1350. The van der Waals surface area contributed by atoms with E-state index in [1.54, 1.807) is 13.2 Å². The quantitative estimate of drug-likeness (QED) is 0.324. The van der Waals surface area contributed by atoms with Gasteiger partial charge in [-0.25, -0.2) is 0 Å². The molecule has 4 heterocycles. The van der Waals surface area contributed by atoms with Crippen molar-refractivity contribution in [3.8, 4) is 5.75 Å². The summed E-state index contributed by atoms with van der Waals surface area (Å²) in [7, 11) is 2.89. The van der Waals surface area contributed by atoms with Gasteiger partial charge in [-0.05, 0) is 0 Å². The molecule has 3 amide bonds. The molecule has 168 valence electrons. The van der Waals surface area contributed by atoms with Crippen molar-refractivity contribution in [3.63, 3.8) is 0 Å². The minimum atomic E-state index is -1.46. The van der Waals surface area contributed by atoms with Crippen LogP contribution in [0.1, 0.15) is 27.2 Å². The first kappa shape index (κ1) is 21.5. The van der Waals surface area contributed by atoms with Gasteiger partial charge in [-0.15, -0.1) is 0 Å². The second-order valence-corrected chi connectivity index (χ2v) is 9.10. The molecule has 2 aromatic heterocycles. The Morgan fingerprint density at radius 2 is 2.09 bits per heavy atom. The molecule has 11 heteroatoms. The maximum absolute atomic E-state index is 13.1. The van der Waals surface area contributed by atoms with E-state index in [4.69, 9.17) is 13.9 Å². The topological polar surface area (TPSA) is 123 Å². The monoisotopic (exact) mass is 618 g/mol. The van der Waals surface area contributed by atoms with Crippen molar-refractivity contribution in [1.82, 2.24) is 20.5 Å². The number of urea groups is 1. The van der Waals surface area contributed by atoms with Crippen molar-refractivity contribution in [1.29, 1.82) is 0 Å². The van der Waals surface area contributed by atoms with Crippen LogP contribution in [0, 0.1) is 0 Å². The maximum atomic E-state index is 13.1. The number of ether oxygens (including phenoxy) is 2. The standard InChI is InChI=1S/C22H18N4O6.W/c1-30-15-4-3-12-9-26(10-14(12)5-15)11-22(20(28)24-21(29)25-22)18-7-16-17(32-18)6-13(8-23-16)19(27)31-2;/h3-8H,9,11H2,1-2H3,(H2,24,25,28,29);/t22-;/m0./s1. The van der Waals surface area contributed by atoms with Crippen LogP contribution in [0.2, 0.25) is 0 Å². The predicted octanol–water partition coefficient (Wildman–Crippen LogP) is 1.20. The van der Waals surface area contributed by atoms with Gasteiger partial charge < -0.3 is 0 Å². The van der Waals surface area contributed by atoms with Crippen molar-refractivity contribution < 1.29 is 47.6 Å². The number of aromatic nitrogens is 1. The van der Waals surface area contributed by atoms with Gasteiger partial charge >= 0.3 is 199 Å². The third kappa shape index (κ3) is 3.46. The number of pyridine rings is 1. The number of amides is 3. The summed E-state index contributed by atoms with van der Waals surface area (Å²) in [5.41, 5.74) is 1.67. The number of carbonyl (C=O) groups is 3. The molecule has 2 aliphatic rings. The van der Waals surface area contributed by atoms with Crippen LogP contribution in [0.3, 0.4) is 0 Å². The molecule has 3 aromatic rings. The molecule has 0 aliphatic carbocycles. The molecule has 33 heavy (non-hydrogen) atoms. The summed E-state index contributed by atoms with van der Waals surface area (Å²) in [4.78, 5) is 43.4. The average molecular weight is 618 g/mol. The van der Waals surface area contributed by atoms with E-state index in [0.29, 0.717) is 17.6 Å². The van der Waals surface area contributed by atoms with E-state index in [0.717, 1.165) is 20.9 Å². The van der Waals surface area contributed by atoms with E-state index < -0.39 is 23.4 Å². The first-order chi connectivity index (χ1) is 15.8. The Morgan fingerprint density at radius 3 is 2.79 bits per heavy atom. The number of fused-ring (bicyclic) bond motifs is 2. The van der Waals surface area contributed by atoms with Crippen molar-refractivity contribution in [3.05, 3.63) is 59.0 Å². The third-order valence-electron chi connectivity index (χ3n) is 5.78. The van der Waals surface area contributed by atoms with Gasteiger partial charge in [0.15, 0.2) is 0 Å². The number of nitrogens with zero attached hydrogens (tertiary/aromatic N) is 2. The van der Waals surface area contributed by atoms with Gasteiger partial charge in [-0.2, -0.15) is 0 Å². The average Bonchev–Trinajstić information content (AvgIpc) is 3.46. The van der Waals surface area contributed by atoms with Crippen molar-refractivity contribution >= 4 is 33.0 Å². The number of hydrogen-bond donors (Lipinski definition) is 2. The first-order valence-electron chi connectivity index (χ1n) is 9.93. The molecule has 5 rings (SSSR count). The summed E-state index contributed by atoms with van der Waals surface area (Å²) in [6.45, 7) is 0.734. The summed E-state index contributed by atoms with van der Waals surface area (Å²) in [5.74, 6) is -0.0917. The van der Waals surface area contributed by atoms with Gasteiger partial charge in [0.05, 0.1) is 0 Å². The fourth-order valence-corrected chi connectivity index (χ4v) is 5.24. The number of methoxy groups -OCH3 is 2. The zero-order valence-corrected chi connectivity index (χ0v) is 20.6.